The molecule has 0 radical (unpaired) electrons. The molecule has 0 bridgehead atoms. The van der Waals surface area contributed by atoms with Gasteiger partial charge in [0.25, 0.3) is 0 Å². The first-order valence-corrected chi connectivity index (χ1v) is 7.72. The first kappa shape index (κ1) is 14.4. The van der Waals surface area contributed by atoms with Crippen molar-refractivity contribution >= 4 is 10.0 Å². The molecule has 0 amide bonds. The summed E-state index contributed by atoms with van der Waals surface area (Å²) in [5.41, 5.74) is -0.979. The Morgan fingerprint density at radius 1 is 1.32 bits per heavy atom. The van der Waals surface area contributed by atoms with Gasteiger partial charge >= 0.3 is 0 Å². The lowest BCUT2D eigenvalue weighted by molar-refractivity contribution is 0.0333. The summed E-state index contributed by atoms with van der Waals surface area (Å²) in [4.78, 5) is -0.348. The zero-order valence-corrected chi connectivity index (χ0v) is 11.7. The number of aliphatic hydroxyl groups is 1. The smallest absolute Gasteiger partial charge is 0.245 e. The highest BCUT2D eigenvalue weighted by Crippen LogP contribution is 2.31. The third-order valence-electron chi connectivity index (χ3n) is 3.58. The molecule has 1 aliphatic rings. The SMILES string of the molecule is CN(CC1(O)CCCC1)S(=O)(=O)c1ccccc1F. The second kappa shape index (κ2) is 5.19. The van der Waals surface area contributed by atoms with Crippen molar-refractivity contribution in [3.63, 3.8) is 0 Å². The van der Waals surface area contributed by atoms with Gasteiger partial charge in [-0.15, -0.1) is 0 Å². The molecule has 1 aliphatic carbocycles. The molecule has 1 aromatic carbocycles. The van der Waals surface area contributed by atoms with Crippen molar-refractivity contribution < 1.29 is 17.9 Å². The van der Waals surface area contributed by atoms with Gasteiger partial charge in [-0.1, -0.05) is 25.0 Å². The van der Waals surface area contributed by atoms with Crippen molar-refractivity contribution in [1.29, 1.82) is 0 Å². The molecule has 0 heterocycles. The molecule has 2 rings (SSSR count). The van der Waals surface area contributed by atoms with Crippen molar-refractivity contribution in [3.8, 4) is 0 Å². The number of hydrogen-bond donors (Lipinski definition) is 1. The third kappa shape index (κ3) is 2.96. The Hall–Kier alpha value is -0.980. The van der Waals surface area contributed by atoms with Crippen molar-refractivity contribution in [2.24, 2.45) is 0 Å². The standard InChI is InChI=1S/C13H18FNO3S/c1-15(10-13(16)8-4-5-9-13)19(17,18)12-7-3-2-6-11(12)14/h2-3,6-7,16H,4-5,8-10H2,1H3. The summed E-state index contributed by atoms with van der Waals surface area (Å²) in [5, 5.41) is 10.2. The van der Waals surface area contributed by atoms with Gasteiger partial charge in [-0.05, 0) is 25.0 Å². The molecule has 1 fully saturated rings. The highest BCUT2D eigenvalue weighted by molar-refractivity contribution is 7.89. The lowest BCUT2D eigenvalue weighted by Crippen LogP contribution is -2.42. The summed E-state index contributed by atoms with van der Waals surface area (Å²) >= 11 is 0. The van der Waals surface area contributed by atoms with Crippen molar-refractivity contribution in [2.75, 3.05) is 13.6 Å². The Morgan fingerprint density at radius 3 is 2.47 bits per heavy atom. The van der Waals surface area contributed by atoms with Gasteiger partial charge in [-0.25, -0.2) is 12.8 Å². The number of sulfonamides is 1. The molecule has 1 N–H and O–H groups in total. The quantitative estimate of drug-likeness (QED) is 0.918. The van der Waals surface area contributed by atoms with Crippen molar-refractivity contribution in [1.82, 2.24) is 4.31 Å². The summed E-state index contributed by atoms with van der Waals surface area (Å²) in [6.45, 7) is 0.00364. The van der Waals surface area contributed by atoms with Gasteiger partial charge < -0.3 is 5.11 Å². The van der Waals surface area contributed by atoms with Gasteiger partial charge in [0.15, 0.2) is 0 Å². The largest absolute Gasteiger partial charge is 0.389 e. The van der Waals surface area contributed by atoms with Crippen molar-refractivity contribution in [3.05, 3.63) is 30.1 Å². The third-order valence-corrected chi connectivity index (χ3v) is 5.41. The second-order valence-corrected chi connectivity index (χ2v) is 7.14. The zero-order chi connectivity index (χ0) is 14.1. The lowest BCUT2D eigenvalue weighted by Gasteiger charge is -2.28. The summed E-state index contributed by atoms with van der Waals surface area (Å²) in [6.07, 6.45) is 2.96. The van der Waals surface area contributed by atoms with E-state index >= 15 is 0 Å². The Bertz CT molecular complexity index is 553. The van der Waals surface area contributed by atoms with E-state index in [4.69, 9.17) is 0 Å². The maximum atomic E-state index is 13.6. The van der Waals surface area contributed by atoms with E-state index in [1.54, 1.807) is 0 Å². The maximum absolute atomic E-state index is 13.6. The molecule has 19 heavy (non-hydrogen) atoms. The summed E-state index contributed by atoms with van der Waals surface area (Å²) in [6, 6.07) is 5.28. The minimum absolute atomic E-state index is 0.00364. The summed E-state index contributed by atoms with van der Waals surface area (Å²) < 4.78 is 39.1. The zero-order valence-electron chi connectivity index (χ0n) is 10.8. The molecule has 1 aromatic rings. The average molecular weight is 287 g/mol. The number of halogens is 1. The Balaban J connectivity index is 2.22. The van der Waals surface area contributed by atoms with E-state index in [0.29, 0.717) is 12.8 Å². The first-order valence-electron chi connectivity index (χ1n) is 6.28. The molecule has 0 atom stereocenters. The van der Waals surface area contributed by atoms with E-state index < -0.39 is 21.4 Å². The molecule has 0 aromatic heterocycles. The molecule has 106 valence electrons. The van der Waals surface area contributed by atoms with Crippen LogP contribution in [0.5, 0.6) is 0 Å². The number of rotatable bonds is 4. The number of nitrogens with zero attached hydrogens (tertiary/aromatic N) is 1. The Morgan fingerprint density at radius 2 is 1.89 bits per heavy atom. The predicted octanol–water partition coefficient (Wildman–Crippen LogP) is 1.75. The van der Waals surface area contributed by atoms with Gasteiger partial charge in [0.2, 0.25) is 10.0 Å². The van der Waals surface area contributed by atoms with Gasteiger partial charge in [0, 0.05) is 13.6 Å². The molecule has 6 heteroatoms. The van der Waals surface area contributed by atoms with E-state index in [-0.39, 0.29) is 11.4 Å². The van der Waals surface area contributed by atoms with Crippen LogP contribution in [-0.4, -0.2) is 37.0 Å². The van der Waals surface area contributed by atoms with Crippen LogP contribution in [0, 0.1) is 5.82 Å². The topological polar surface area (TPSA) is 57.6 Å². The summed E-state index contributed by atoms with van der Waals surface area (Å²) in [7, 11) is -2.52. The van der Waals surface area contributed by atoms with Crippen LogP contribution >= 0.6 is 0 Å². The lowest BCUT2D eigenvalue weighted by atomic mass is 10.0. The minimum Gasteiger partial charge on any atom is -0.389 e. The monoisotopic (exact) mass is 287 g/mol. The maximum Gasteiger partial charge on any atom is 0.245 e. The number of benzene rings is 1. The van der Waals surface area contributed by atoms with E-state index in [2.05, 4.69) is 0 Å². The van der Waals surface area contributed by atoms with E-state index in [1.807, 2.05) is 0 Å². The van der Waals surface area contributed by atoms with E-state index in [1.165, 1.54) is 25.2 Å². The molecule has 0 aliphatic heterocycles. The molecule has 1 saturated carbocycles. The fourth-order valence-electron chi connectivity index (χ4n) is 2.51. The number of likely N-dealkylation sites (N-methyl/N-ethyl adjacent to an activating group) is 1. The number of hydrogen-bond acceptors (Lipinski definition) is 3. The Kier molecular flexibility index (Phi) is 3.94. The fourth-order valence-corrected chi connectivity index (χ4v) is 3.82. The predicted molar refractivity (Wildman–Crippen MR) is 69.6 cm³/mol. The molecular weight excluding hydrogens is 269 g/mol. The van der Waals surface area contributed by atoms with Gasteiger partial charge in [0.1, 0.15) is 10.7 Å². The minimum atomic E-state index is -3.90. The second-order valence-electron chi connectivity index (χ2n) is 5.12. The normalized spacial score (nSPS) is 18.9. The average Bonchev–Trinajstić information content (AvgIpc) is 2.76. The van der Waals surface area contributed by atoms with Crippen LogP contribution < -0.4 is 0 Å². The van der Waals surface area contributed by atoms with Crippen LogP contribution in [0.2, 0.25) is 0 Å². The van der Waals surface area contributed by atoms with Crippen LogP contribution in [0.15, 0.2) is 29.2 Å². The van der Waals surface area contributed by atoms with Gasteiger partial charge in [-0.2, -0.15) is 4.31 Å². The molecule has 0 saturated heterocycles. The van der Waals surface area contributed by atoms with Crippen LogP contribution in [0.3, 0.4) is 0 Å². The van der Waals surface area contributed by atoms with E-state index in [0.717, 1.165) is 23.2 Å². The molecular formula is C13H18FNO3S. The summed E-state index contributed by atoms with van der Waals surface area (Å²) in [5.74, 6) is -0.771. The van der Waals surface area contributed by atoms with Gasteiger partial charge in [-0.3, -0.25) is 0 Å². The van der Waals surface area contributed by atoms with Crippen molar-refractivity contribution in [2.45, 2.75) is 36.2 Å². The van der Waals surface area contributed by atoms with Crippen LogP contribution in [0.4, 0.5) is 4.39 Å². The van der Waals surface area contributed by atoms with Crippen LogP contribution in [0.1, 0.15) is 25.7 Å². The molecule has 4 nitrogen and oxygen atoms in total. The molecule has 0 spiro atoms. The molecule has 0 unspecified atom stereocenters. The van der Waals surface area contributed by atoms with Crippen LogP contribution in [0.25, 0.3) is 0 Å². The van der Waals surface area contributed by atoms with E-state index in [9.17, 15) is 17.9 Å². The van der Waals surface area contributed by atoms with Crippen LogP contribution in [-0.2, 0) is 10.0 Å². The van der Waals surface area contributed by atoms with Gasteiger partial charge in [0.05, 0.1) is 5.60 Å². The highest BCUT2D eigenvalue weighted by atomic mass is 32.2. The Labute approximate surface area is 112 Å². The highest BCUT2D eigenvalue weighted by Gasteiger charge is 2.36. The first-order chi connectivity index (χ1) is 8.85. The fraction of sp³-hybridized carbons (Fsp3) is 0.538.